The van der Waals surface area contributed by atoms with Gasteiger partial charge < -0.3 is 30.4 Å². The molecule has 29 heavy (non-hydrogen) atoms. The Hall–Kier alpha value is -2.44. The van der Waals surface area contributed by atoms with Gasteiger partial charge in [-0.15, -0.1) is 0 Å². The zero-order valence-corrected chi connectivity index (χ0v) is 17.0. The van der Waals surface area contributed by atoms with Crippen molar-refractivity contribution >= 4 is 11.4 Å². The predicted molar refractivity (Wildman–Crippen MR) is 118 cm³/mol. The fourth-order valence-corrected chi connectivity index (χ4v) is 4.07. The minimum absolute atomic E-state index is 0.236. The van der Waals surface area contributed by atoms with Crippen LogP contribution in [0.4, 0.5) is 11.4 Å². The standard InChI is InChI=1S/C13H19NO2.C10H14N2O/c15-9-7-11-4-1-2-8-14(11)12-5-3-6-13(16)10-12;13-10-3-1-2-9(8-10)12-6-4-11-5-7-12/h3,5-6,10-11,15-16H,1-2,4,7-9H2;1-3,8,11,13H,4-7H2. The molecule has 4 N–H and O–H groups in total. The Balaban J connectivity index is 0.000000169. The number of aliphatic hydroxyl groups is 1. The zero-order chi connectivity index (χ0) is 20.5. The number of aliphatic hydroxyl groups excluding tert-OH is 1. The van der Waals surface area contributed by atoms with E-state index in [0.29, 0.717) is 17.5 Å². The molecule has 2 aliphatic heterocycles. The maximum absolute atomic E-state index is 9.48. The third-order valence-electron chi connectivity index (χ3n) is 5.56. The van der Waals surface area contributed by atoms with Crippen LogP contribution in [0.1, 0.15) is 25.7 Å². The van der Waals surface area contributed by atoms with Crippen molar-refractivity contribution in [2.75, 3.05) is 49.1 Å². The third kappa shape index (κ3) is 6.27. The van der Waals surface area contributed by atoms with E-state index < -0.39 is 0 Å². The van der Waals surface area contributed by atoms with E-state index in [9.17, 15) is 10.2 Å². The number of nitrogens with zero attached hydrogens (tertiary/aromatic N) is 2. The number of anilines is 2. The molecule has 1 atom stereocenters. The molecule has 0 amide bonds. The van der Waals surface area contributed by atoms with Crippen molar-refractivity contribution in [1.29, 1.82) is 0 Å². The summed E-state index contributed by atoms with van der Waals surface area (Å²) in [7, 11) is 0. The summed E-state index contributed by atoms with van der Waals surface area (Å²) in [5, 5.41) is 31.1. The maximum Gasteiger partial charge on any atom is 0.117 e. The minimum atomic E-state index is 0.236. The van der Waals surface area contributed by atoms with Crippen LogP contribution in [0.15, 0.2) is 48.5 Å². The lowest BCUT2D eigenvalue weighted by atomic mass is 9.99. The fraction of sp³-hybridized carbons (Fsp3) is 0.478. The first-order valence-electron chi connectivity index (χ1n) is 10.6. The number of aromatic hydroxyl groups is 2. The monoisotopic (exact) mass is 399 g/mol. The van der Waals surface area contributed by atoms with E-state index in [1.165, 1.54) is 12.8 Å². The molecule has 1 unspecified atom stereocenters. The molecular weight excluding hydrogens is 366 g/mol. The van der Waals surface area contributed by atoms with Gasteiger partial charge in [-0.3, -0.25) is 0 Å². The molecule has 0 radical (unpaired) electrons. The second-order valence-corrected chi connectivity index (χ2v) is 7.63. The Kier molecular flexibility index (Phi) is 8.02. The molecule has 2 heterocycles. The molecule has 158 valence electrons. The Labute approximate surface area is 173 Å². The molecule has 2 aliphatic rings. The highest BCUT2D eigenvalue weighted by atomic mass is 16.3. The summed E-state index contributed by atoms with van der Waals surface area (Å²) < 4.78 is 0. The Morgan fingerprint density at radius 2 is 1.52 bits per heavy atom. The molecule has 2 fully saturated rings. The molecular formula is C23H33N3O3. The quantitative estimate of drug-likeness (QED) is 0.633. The van der Waals surface area contributed by atoms with Crippen molar-refractivity contribution < 1.29 is 15.3 Å². The summed E-state index contributed by atoms with van der Waals surface area (Å²) in [4.78, 5) is 4.58. The topological polar surface area (TPSA) is 79.2 Å². The van der Waals surface area contributed by atoms with Crippen LogP contribution in [0.25, 0.3) is 0 Å². The number of phenols is 2. The molecule has 2 aromatic carbocycles. The lowest BCUT2D eigenvalue weighted by Gasteiger charge is -2.37. The van der Waals surface area contributed by atoms with Crippen LogP contribution in [-0.2, 0) is 0 Å². The van der Waals surface area contributed by atoms with Gasteiger partial charge >= 0.3 is 0 Å². The van der Waals surface area contributed by atoms with Crippen molar-refractivity contribution in [3.63, 3.8) is 0 Å². The lowest BCUT2D eigenvalue weighted by Crippen LogP contribution is -2.43. The Morgan fingerprint density at radius 1 is 0.862 bits per heavy atom. The number of piperidine rings is 1. The molecule has 0 spiro atoms. The number of phenolic OH excluding ortho intramolecular Hbond substituents is 2. The normalized spacial score (nSPS) is 19.4. The van der Waals surface area contributed by atoms with Gasteiger partial charge in [0.1, 0.15) is 11.5 Å². The Morgan fingerprint density at radius 3 is 2.17 bits per heavy atom. The average Bonchev–Trinajstić information content (AvgIpc) is 2.76. The van der Waals surface area contributed by atoms with Crippen LogP contribution in [0.2, 0.25) is 0 Å². The summed E-state index contributed by atoms with van der Waals surface area (Å²) in [6.45, 7) is 5.34. The molecule has 4 rings (SSSR count). The molecule has 2 saturated heterocycles. The summed E-state index contributed by atoms with van der Waals surface area (Å²) in [5.41, 5.74) is 2.18. The van der Waals surface area contributed by atoms with E-state index in [2.05, 4.69) is 15.1 Å². The van der Waals surface area contributed by atoms with E-state index in [4.69, 9.17) is 5.11 Å². The number of piperazine rings is 1. The SMILES string of the molecule is OCCC1CCCCN1c1cccc(O)c1.Oc1cccc(N2CCNCC2)c1. The molecule has 0 aliphatic carbocycles. The lowest BCUT2D eigenvalue weighted by molar-refractivity contribution is 0.262. The number of hydrogen-bond acceptors (Lipinski definition) is 6. The van der Waals surface area contributed by atoms with Gasteiger partial charge in [0.15, 0.2) is 0 Å². The molecule has 0 bridgehead atoms. The predicted octanol–water partition coefficient (Wildman–Crippen LogP) is 2.94. The highest BCUT2D eigenvalue weighted by molar-refractivity contribution is 5.52. The maximum atomic E-state index is 9.48. The summed E-state index contributed by atoms with van der Waals surface area (Å²) in [6, 6.07) is 15.2. The van der Waals surface area contributed by atoms with Gasteiger partial charge in [0.2, 0.25) is 0 Å². The first-order valence-corrected chi connectivity index (χ1v) is 10.6. The highest BCUT2D eigenvalue weighted by Gasteiger charge is 2.22. The molecule has 6 nitrogen and oxygen atoms in total. The van der Waals surface area contributed by atoms with E-state index in [1.807, 2.05) is 30.3 Å². The fourth-order valence-electron chi connectivity index (χ4n) is 4.07. The van der Waals surface area contributed by atoms with E-state index in [1.54, 1.807) is 18.2 Å². The van der Waals surface area contributed by atoms with Gasteiger partial charge in [-0.25, -0.2) is 0 Å². The molecule has 6 heteroatoms. The van der Waals surface area contributed by atoms with Crippen molar-refractivity contribution in [2.45, 2.75) is 31.7 Å². The van der Waals surface area contributed by atoms with Crippen molar-refractivity contribution in [2.24, 2.45) is 0 Å². The second-order valence-electron chi connectivity index (χ2n) is 7.63. The number of hydrogen-bond donors (Lipinski definition) is 4. The molecule has 0 saturated carbocycles. The first kappa shape index (κ1) is 21.3. The number of benzene rings is 2. The molecule has 0 aromatic heterocycles. The summed E-state index contributed by atoms with van der Waals surface area (Å²) in [5.74, 6) is 0.654. The Bertz CT molecular complexity index is 748. The van der Waals surface area contributed by atoms with Crippen molar-refractivity contribution in [1.82, 2.24) is 5.32 Å². The number of nitrogens with one attached hydrogen (secondary N) is 1. The first-order chi connectivity index (χ1) is 14.2. The molecule has 2 aromatic rings. The van der Waals surface area contributed by atoms with Gasteiger partial charge in [-0.2, -0.15) is 0 Å². The van der Waals surface area contributed by atoms with E-state index in [0.717, 1.165) is 56.9 Å². The number of rotatable bonds is 4. The summed E-state index contributed by atoms with van der Waals surface area (Å²) in [6.07, 6.45) is 4.38. The van der Waals surface area contributed by atoms with Crippen LogP contribution in [0.5, 0.6) is 11.5 Å². The zero-order valence-electron chi connectivity index (χ0n) is 17.0. The van der Waals surface area contributed by atoms with Gasteiger partial charge in [-0.05, 0) is 49.9 Å². The summed E-state index contributed by atoms with van der Waals surface area (Å²) >= 11 is 0. The third-order valence-corrected chi connectivity index (χ3v) is 5.56. The van der Waals surface area contributed by atoms with Crippen molar-refractivity contribution in [3.05, 3.63) is 48.5 Å². The smallest absolute Gasteiger partial charge is 0.117 e. The highest BCUT2D eigenvalue weighted by Crippen LogP contribution is 2.28. The van der Waals surface area contributed by atoms with Crippen LogP contribution < -0.4 is 15.1 Å². The van der Waals surface area contributed by atoms with E-state index >= 15 is 0 Å². The van der Waals surface area contributed by atoms with Gasteiger partial charge in [0.05, 0.1) is 0 Å². The van der Waals surface area contributed by atoms with Crippen LogP contribution in [0, 0.1) is 0 Å². The minimum Gasteiger partial charge on any atom is -0.508 e. The average molecular weight is 400 g/mol. The van der Waals surface area contributed by atoms with Gasteiger partial charge in [0.25, 0.3) is 0 Å². The second kappa shape index (κ2) is 10.9. The van der Waals surface area contributed by atoms with Crippen LogP contribution in [0.3, 0.4) is 0 Å². The van der Waals surface area contributed by atoms with Gasteiger partial charge in [0, 0.05) is 68.9 Å². The van der Waals surface area contributed by atoms with E-state index in [-0.39, 0.29) is 6.61 Å². The van der Waals surface area contributed by atoms with Crippen molar-refractivity contribution in [3.8, 4) is 11.5 Å². The van der Waals surface area contributed by atoms with Crippen LogP contribution in [-0.4, -0.2) is 60.7 Å². The van der Waals surface area contributed by atoms with Crippen LogP contribution >= 0.6 is 0 Å². The largest absolute Gasteiger partial charge is 0.508 e. The van der Waals surface area contributed by atoms with Gasteiger partial charge in [-0.1, -0.05) is 12.1 Å².